The van der Waals surface area contributed by atoms with Crippen molar-refractivity contribution in [2.24, 2.45) is 5.92 Å². The predicted molar refractivity (Wildman–Crippen MR) is 69.8 cm³/mol. The Morgan fingerprint density at radius 1 is 1.41 bits per heavy atom. The Bertz CT molecular complexity index is 382. The molecule has 1 fully saturated rings. The summed E-state index contributed by atoms with van der Waals surface area (Å²) >= 11 is 0. The van der Waals surface area contributed by atoms with E-state index in [1.54, 1.807) is 0 Å². The number of hydrogen-bond donors (Lipinski definition) is 1. The van der Waals surface area contributed by atoms with Gasteiger partial charge in [-0.15, -0.1) is 0 Å². The van der Waals surface area contributed by atoms with Crippen LogP contribution >= 0.6 is 0 Å². The first kappa shape index (κ1) is 12.1. The zero-order chi connectivity index (χ0) is 12.1. The highest BCUT2D eigenvalue weighted by atomic mass is 14.9. The number of nitrogens with zero attached hydrogens (tertiary/aromatic N) is 1. The van der Waals surface area contributed by atoms with Crippen LogP contribution in [0.25, 0.3) is 0 Å². The topological polar surface area (TPSA) is 35.8 Å². The quantitative estimate of drug-likeness (QED) is 0.863. The summed E-state index contributed by atoms with van der Waals surface area (Å²) in [5, 5.41) is 12.8. The van der Waals surface area contributed by atoms with Crippen molar-refractivity contribution >= 4 is 0 Å². The summed E-state index contributed by atoms with van der Waals surface area (Å²) in [6.45, 7) is 4.24. The highest BCUT2D eigenvalue weighted by molar-refractivity contribution is 5.29. The highest BCUT2D eigenvalue weighted by Crippen LogP contribution is 2.29. The summed E-state index contributed by atoms with van der Waals surface area (Å²) in [5.74, 6) is 0.523. The van der Waals surface area contributed by atoms with Crippen molar-refractivity contribution in [1.82, 2.24) is 5.32 Å². The van der Waals surface area contributed by atoms with Crippen LogP contribution in [-0.2, 0) is 6.42 Å². The summed E-state index contributed by atoms with van der Waals surface area (Å²) in [7, 11) is 0. The lowest BCUT2D eigenvalue weighted by Crippen LogP contribution is -2.32. The summed E-state index contributed by atoms with van der Waals surface area (Å²) in [6, 6.07) is 11.0. The molecule has 2 nitrogen and oxygen atoms in total. The van der Waals surface area contributed by atoms with Crippen LogP contribution in [0.1, 0.15) is 36.8 Å². The van der Waals surface area contributed by atoms with E-state index in [1.165, 1.54) is 24.0 Å². The van der Waals surface area contributed by atoms with Gasteiger partial charge in [-0.1, -0.05) is 31.2 Å². The Hall–Kier alpha value is -1.33. The Morgan fingerprint density at radius 3 is 2.71 bits per heavy atom. The van der Waals surface area contributed by atoms with Crippen LogP contribution in [0.5, 0.6) is 0 Å². The molecule has 1 aliphatic rings. The molecule has 17 heavy (non-hydrogen) atoms. The first-order valence-electron chi connectivity index (χ1n) is 6.54. The van der Waals surface area contributed by atoms with Crippen LogP contribution in [0.2, 0.25) is 0 Å². The minimum absolute atomic E-state index is 0.0497. The third kappa shape index (κ3) is 2.87. The van der Waals surface area contributed by atoms with Crippen LogP contribution in [-0.4, -0.2) is 13.1 Å². The van der Waals surface area contributed by atoms with Gasteiger partial charge >= 0.3 is 0 Å². The van der Waals surface area contributed by atoms with Gasteiger partial charge < -0.3 is 5.32 Å². The molecule has 1 aromatic carbocycles. The van der Waals surface area contributed by atoms with Gasteiger partial charge in [-0.3, -0.25) is 0 Å². The average Bonchev–Trinajstić information content (AvgIpc) is 2.42. The molecular weight excluding hydrogens is 208 g/mol. The first-order chi connectivity index (χ1) is 8.35. The molecule has 1 aliphatic heterocycles. The summed E-state index contributed by atoms with van der Waals surface area (Å²) in [6.07, 6.45) is 3.42. The molecule has 0 spiro atoms. The molecule has 2 rings (SSSR count). The Labute approximate surface area is 104 Å². The fraction of sp³-hybridized carbons (Fsp3) is 0.533. The molecule has 0 saturated carbocycles. The van der Waals surface area contributed by atoms with Gasteiger partial charge in [-0.25, -0.2) is 0 Å². The van der Waals surface area contributed by atoms with Crippen molar-refractivity contribution < 1.29 is 0 Å². The number of hydrogen-bond acceptors (Lipinski definition) is 2. The van der Waals surface area contributed by atoms with Crippen molar-refractivity contribution in [2.75, 3.05) is 13.1 Å². The summed E-state index contributed by atoms with van der Waals surface area (Å²) in [5.41, 5.74) is 2.52. The maximum absolute atomic E-state index is 9.38. The van der Waals surface area contributed by atoms with E-state index in [0.717, 1.165) is 19.5 Å². The second kappa shape index (κ2) is 5.84. The van der Waals surface area contributed by atoms with E-state index in [-0.39, 0.29) is 5.92 Å². The van der Waals surface area contributed by atoms with Crippen molar-refractivity contribution in [2.45, 2.75) is 32.1 Å². The molecule has 2 unspecified atom stereocenters. The average molecular weight is 228 g/mol. The van der Waals surface area contributed by atoms with Gasteiger partial charge in [-0.05, 0) is 49.4 Å². The Balaban J connectivity index is 2.13. The van der Waals surface area contributed by atoms with Crippen molar-refractivity contribution in [3.63, 3.8) is 0 Å². The molecule has 0 aromatic heterocycles. The van der Waals surface area contributed by atoms with E-state index in [0.29, 0.717) is 5.92 Å². The molecule has 1 saturated heterocycles. The van der Waals surface area contributed by atoms with Gasteiger partial charge in [0.15, 0.2) is 0 Å². The maximum Gasteiger partial charge on any atom is 0.0753 e. The molecule has 1 aromatic rings. The largest absolute Gasteiger partial charge is 0.316 e. The molecule has 1 N–H and O–H groups in total. The monoisotopic (exact) mass is 228 g/mol. The van der Waals surface area contributed by atoms with Crippen molar-refractivity contribution in [1.29, 1.82) is 5.26 Å². The fourth-order valence-corrected chi connectivity index (χ4v) is 2.58. The van der Waals surface area contributed by atoms with Gasteiger partial charge in [0.05, 0.1) is 12.0 Å². The standard InChI is InChI=1S/C15H20N2/c1-2-12-5-7-13(8-6-12)15(10-16)14-4-3-9-17-11-14/h5-8,14-15,17H,2-4,9,11H2,1H3. The predicted octanol–water partition coefficient (Wildman–Crippen LogP) is 2.86. The minimum Gasteiger partial charge on any atom is -0.316 e. The van der Waals surface area contributed by atoms with Gasteiger partial charge in [0.2, 0.25) is 0 Å². The molecule has 0 bridgehead atoms. The summed E-state index contributed by atoms with van der Waals surface area (Å²) < 4.78 is 0. The number of aryl methyl sites for hydroxylation is 1. The molecule has 1 heterocycles. The highest BCUT2D eigenvalue weighted by Gasteiger charge is 2.24. The first-order valence-corrected chi connectivity index (χ1v) is 6.54. The van der Waals surface area contributed by atoms with Crippen molar-refractivity contribution in [3.05, 3.63) is 35.4 Å². The van der Waals surface area contributed by atoms with E-state index in [1.807, 2.05) is 0 Å². The number of nitriles is 1. The van der Waals surface area contributed by atoms with E-state index in [2.05, 4.69) is 42.6 Å². The van der Waals surface area contributed by atoms with Crippen LogP contribution in [0, 0.1) is 17.2 Å². The van der Waals surface area contributed by atoms with E-state index < -0.39 is 0 Å². The minimum atomic E-state index is 0.0497. The lowest BCUT2D eigenvalue weighted by molar-refractivity contribution is 0.354. The molecule has 0 amide bonds. The van der Waals surface area contributed by atoms with Gasteiger partial charge in [0.1, 0.15) is 0 Å². The lowest BCUT2D eigenvalue weighted by atomic mass is 9.82. The second-order valence-corrected chi connectivity index (χ2v) is 4.81. The van der Waals surface area contributed by atoms with Gasteiger partial charge in [-0.2, -0.15) is 5.26 Å². The van der Waals surface area contributed by atoms with Crippen LogP contribution in [0.15, 0.2) is 24.3 Å². The van der Waals surface area contributed by atoms with Gasteiger partial charge in [0, 0.05) is 0 Å². The summed E-state index contributed by atoms with van der Waals surface area (Å²) in [4.78, 5) is 0. The molecule has 0 radical (unpaired) electrons. The lowest BCUT2D eigenvalue weighted by Gasteiger charge is -2.26. The number of piperidine rings is 1. The third-order valence-electron chi connectivity index (χ3n) is 3.69. The third-order valence-corrected chi connectivity index (χ3v) is 3.69. The molecule has 2 atom stereocenters. The second-order valence-electron chi connectivity index (χ2n) is 4.81. The molecule has 90 valence electrons. The maximum atomic E-state index is 9.38. The molecule has 0 aliphatic carbocycles. The SMILES string of the molecule is CCc1ccc(C(C#N)C2CCCNC2)cc1. The van der Waals surface area contributed by atoms with E-state index >= 15 is 0 Å². The zero-order valence-corrected chi connectivity index (χ0v) is 10.4. The van der Waals surface area contributed by atoms with E-state index in [9.17, 15) is 5.26 Å². The Morgan fingerprint density at radius 2 is 2.18 bits per heavy atom. The number of benzene rings is 1. The Kier molecular flexibility index (Phi) is 4.17. The van der Waals surface area contributed by atoms with Crippen LogP contribution < -0.4 is 5.32 Å². The fourth-order valence-electron chi connectivity index (χ4n) is 2.58. The van der Waals surface area contributed by atoms with Gasteiger partial charge in [0.25, 0.3) is 0 Å². The van der Waals surface area contributed by atoms with Crippen molar-refractivity contribution in [3.8, 4) is 6.07 Å². The molecule has 2 heteroatoms. The smallest absolute Gasteiger partial charge is 0.0753 e. The van der Waals surface area contributed by atoms with Crippen LogP contribution in [0.4, 0.5) is 0 Å². The molecular formula is C15H20N2. The number of rotatable bonds is 3. The normalized spacial score (nSPS) is 21.8. The van der Waals surface area contributed by atoms with E-state index in [4.69, 9.17) is 0 Å². The zero-order valence-electron chi connectivity index (χ0n) is 10.4. The number of nitrogens with one attached hydrogen (secondary N) is 1. The van der Waals surface area contributed by atoms with Crippen LogP contribution in [0.3, 0.4) is 0 Å².